The summed E-state index contributed by atoms with van der Waals surface area (Å²) < 4.78 is 0. The van der Waals surface area contributed by atoms with E-state index in [0.29, 0.717) is 6.04 Å². The Morgan fingerprint density at radius 3 is 1.93 bits per heavy atom. The normalized spacial score (nSPS) is 10.9. The second kappa shape index (κ2) is 8.80. The fraction of sp³-hybridized carbons (Fsp3) is 0.857. The van der Waals surface area contributed by atoms with E-state index in [1.165, 1.54) is 12.8 Å². The third-order valence-corrected chi connectivity index (χ3v) is 2.37. The van der Waals surface area contributed by atoms with Crippen LogP contribution in [0, 0.1) is 23.7 Å². The summed E-state index contributed by atoms with van der Waals surface area (Å²) in [5, 5.41) is 3.61. The lowest BCUT2D eigenvalue weighted by Crippen LogP contribution is -2.32. The molecule has 0 aromatic heterocycles. The van der Waals surface area contributed by atoms with Gasteiger partial charge in [0.05, 0.1) is 0 Å². The predicted molar refractivity (Wildman–Crippen MR) is 68.8 cm³/mol. The molecule has 15 heavy (non-hydrogen) atoms. The molecule has 0 aliphatic rings. The van der Waals surface area contributed by atoms with Crippen LogP contribution in [0.3, 0.4) is 0 Å². The summed E-state index contributed by atoms with van der Waals surface area (Å²) in [6.07, 6.45) is 3.53. The largest absolute Gasteiger partial charge is 0.313 e. The summed E-state index contributed by atoms with van der Waals surface area (Å²) in [5.74, 6) is 7.58. The van der Waals surface area contributed by atoms with Crippen LogP contribution in [0.25, 0.3) is 0 Å². The lowest BCUT2D eigenvalue weighted by Gasteiger charge is -2.22. The SMILES string of the molecule is CC#CCCNC(CC(C)C)CC(C)C. The third-order valence-electron chi connectivity index (χ3n) is 2.37. The van der Waals surface area contributed by atoms with Gasteiger partial charge in [-0.25, -0.2) is 0 Å². The molecule has 0 saturated heterocycles. The molecule has 0 heterocycles. The average Bonchev–Trinajstić information content (AvgIpc) is 2.10. The van der Waals surface area contributed by atoms with E-state index in [-0.39, 0.29) is 0 Å². The number of hydrogen-bond donors (Lipinski definition) is 1. The van der Waals surface area contributed by atoms with Gasteiger partial charge in [-0.3, -0.25) is 0 Å². The van der Waals surface area contributed by atoms with E-state index in [9.17, 15) is 0 Å². The van der Waals surface area contributed by atoms with Crippen molar-refractivity contribution in [3.63, 3.8) is 0 Å². The van der Waals surface area contributed by atoms with Crippen molar-refractivity contribution in [3.8, 4) is 11.8 Å². The van der Waals surface area contributed by atoms with E-state index < -0.39 is 0 Å². The van der Waals surface area contributed by atoms with Gasteiger partial charge >= 0.3 is 0 Å². The Morgan fingerprint density at radius 2 is 1.53 bits per heavy atom. The van der Waals surface area contributed by atoms with Crippen molar-refractivity contribution < 1.29 is 0 Å². The second-order valence-corrected chi connectivity index (χ2v) is 5.09. The summed E-state index contributed by atoms with van der Waals surface area (Å²) in [7, 11) is 0. The Hall–Kier alpha value is -0.480. The van der Waals surface area contributed by atoms with E-state index in [4.69, 9.17) is 0 Å². The van der Waals surface area contributed by atoms with E-state index in [1.807, 2.05) is 6.92 Å². The fourth-order valence-electron chi connectivity index (χ4n) is 1.86. The Morgan fingerprint density at radius 1 is 1.00 bits per heavy atom. The molecule has 0 unspecified atom stereocenters. The third kappa shape index (κ3) is 9.82. The summed E-state index contributed by atoms with van der Waals surface area (Å²) in [4.78, 5) is 0. The van der Waals surface area contributed by atoms with Gasteiger partial charge < -0.3 is 5.32 Å². The zero-order valence-corrected chi connectivity index (χ0v) is 11.1. The maximum Gasteiger partial charge on any atom is 0.0214 e. The minimum absolute atomic E-state index is 0.670. The molecule has 0 saturated carbocycles. The molecule has 0 spiro atoms. The number of nitrogens with one attached hydrogen (secondary N) is 1. The van der Waals surface area contributed by atoms with E-state index in [0.717, 1.165) is 24.8 Å². The Bertz CT molecular complexity index is 185. The highest BCUT2D eigenvalue weighted by molar-refractivity contribution is 4.95. The quantitative estimate of drug-likeness (QED) is 0.500. The van der Waals surface area contributed by atoms with Gasteiger partial charge in [-0.15, -0.1) is 11.8 Å². The number of rotatable bonds is 7. The fourth-order valence-corrected chi connectivity index (χ4v) is 1.86. The molecule has 1 N–H and O–H groups in total. The first-order valence-electron chi connectivity index (χ1n) is 6.19. The molecule has 1 heteroatoms. The zero-order chi connectivity index (χ0) is 11.7. The van der Waals surface area contributed by atoms with Crippen molar-refractivity contribution in [3.05, 3.63) is 0 Å². The van der Waals surface area contributed by atoms with Gasteiger partial charge in [0, 0.05) is 19.0 Å². The van der Waals surface area contributed by atoms with Crippen LogP contribution in [0.2, 0.25) is 0 Å². The van der Waals surface area contributed by atoms with E-state index >= 15 is 0 Å². The maximum absolute atomic E-state index is 3.61. The standard InChI is InChI=1S/C14H27N/c1-6-7-8-9-15-14(10-12(2)3)11-13(4)5/h12-15H,8-11H2,1-5H3. The first-order valence-corrected chi connectivity index (χ1v) is 6.19. The van der Waals surface area contributed by atoms with Crippen molar-refractivity contribution in [2.75, 3.05) is 6.54 Å². The molecule has 0 radical (unpaired) electrons. The summed E-state index contributed by atoms with van der Waals surface area (Å²) in [6, 6.07) is 0.670. The van der Waals surface area contributed by atoms with Crippen LogP contribution in [-0.2, 0) is 0 Å². The molecular formula is C14H27N. The van der Waals surface area contributed by atoms with Gasteiger partial charge in [-0.1, -0.05) is 27.7 Å². The molecule has 0 aromatic rings. The zero-order valence-electron chi connectivity index (χ0n) is 11.1. The summed E-state index contributed by atoms with van der Waals surface area (Å²) in [5.41, 5.74) is 0. The van der Waals surface area contributed by atoms with Crippen LogP contribution in [0.5, 0.6) is 0 Å². The molecule has 88 valence electrons. The summed E-state index contributed by atoms with van der Waals surface area (Å²) >= 11 is 0. The lowest BCUT2D eigenvalue weighted by atomic mass is 9.95. The first kappa shape index (κ1) is 14.5. The molecule has 1 nitrogen and oxygen atoms in total. The second-order valence-electron chi connectivity index (χ2n) is 5.09. The minimum Gasteiger partial charge on any atom is -0.313 e. The van der Waals surface area contributed by atoms with Crippen LogP contribution in [0.1, 0.15) is 53.9 Å². The smallest absolute Gasteiger partial charge is 0.0214 e. The van der Waals surface area contributed by atoms with Crippen molar-refractivity contribution in [1.82, 2.24) is 5.32 Å². The molecule has 0 aliphatic heterocycles. The van der Waals surface area contributed by atoms with Gasteiger partial charge in [0.1, 0.15) is 0 Å². The van der Waals surface area contributed by atoms with Gasteiger partial charge in [0.15, 0.2) is 0 Å². The van der Waals surface area contributed by atoms with Crippen molar-refractivity contribution in [1.29, 1.82) is 0 Å². The van der Waals surface area contributed by atoms with Crippen molar-refractivity contribution in [2.45, 2.75) is 59.9 Å². The number of hydrogen-bond acceptors (Lipinski definition) is 1. The van der Waals surface area contributed by atoms with Gasteiger partial charge in [0.25, 0.3) is 0 Å². The van der Waals surface area contributed by atoms with E-state index in [2.05, 4.69) is 44.9 Å². The topological polar surface area (TPSA) is 12.0 Å². The molecule has 0 amide bonds. The van der Waals surface area contributed by atoms with Crippen LogP contribution in [0.15, 0.2) is 0 Å². The van der Waals surface area contributed by atoms with Crippen LogP contribution >= 0.6 is 0 Å². The maximum atomic E-state index is 3.61. The molecule has 0 fully saturated rings. The first-order chi connectivity index (χ1) is 7.06. The Kier molecular flexibility index (Phi) is 8.52. The highest BCUT2D eigenvalue weighted by atomic mass is 14.9. The highest BCUT2D eigenvalue weighted by Crippen LogP contribution is 2.13. The van der Waals surface area contributed by atoms with Gasteiger partial charge in [-0.05, 0) is 31.6 Å². The van der Waals surface area contributed by atoms with Crippen molar-refractivity contribution in [2.24, 2.45) is 11.8 Å². The molecule has 0 aromatic carbocycles. The van der Waals surface area contributed by atoms with Crippen LogP contribution < -0.4 is 5.32 Å². The van der Waals surface area contributed by atoms with Crippen LogP contribution in [0.4, 0.5) is 0 Å². The summed E-state index contributed by atoms with van der Waals surface area (Å²) in [6.45, 7) is 12.1. The Labute approximate surface area is 96.0 Å². The average molecular weight is 209 g/mol. The van der Waals surface area contributed by atoms with Gasteiger partial charge in [-0.2, -0.15) is 0 Å². The molecule has 0 rings (SSSR count). The molecular weight excluding hydrogens is 182 g/mol. The van der Waals surface area contributed by atoms with E-state index in [1.54, 1.807) is 0 Å². The predicted octanol–water partition coefficient (Wildman–Crippen LogP) is 3.45. The molecule has 0 bridgehead atoms. The molecule has 0 atom stereocenters. The van der Waals surface area contributed by atoms with Crippen LogP contribution in [-0.4, -0.2) is 12.6 Å². The highest BCUT2D eigenvalue weighted by Gasteiger charge is 2.11. The molecule has 0 aliphatic carbocycles. The minimum atomic E-state index is 0.670. The monoisotopic (exact) mass is 209 g/mol. The van der Waals surface area contributed by atoms with Crippen molar-refractivity contribution >= 4 is 0 Å². The Balaban J connectivity index is 3.82. The lowest BCUT2D eigenvalue weighted by molar-refractivity contribution is 0.363. The van der Waals surface area contributed by atoms with Gasteiger partial charge in [0.2, 0.25) is 0 Å².